The van der Waals surface area contributed by atoms with E-state index in [9.17, 15) is 122 Å². The van der Waals surface area contributed by atoms with Gasteiger partial charge in [-0.25, -0.2) is 22.1 Å². The first kappa shape index (κ1) is 66.3. The van der Waals surface area contributed by atoms with Crippen molar-refractivity contribution in [3.63, 3.8) is 0 Å². The van der Waals surface area contributed by atoms with Crippen molar-refractivity contribution in [1.82, 2.24) is 9.44 Å². The molecular weight excluding hydrogens is 1200 g/mol. The molecule has 5 rings (SSSR count). The fourth-order valence-electron chi connectivity index (χ4n) is 8.16. The van der Waals surface area contributed by atoms with Gasteiger partial charge >= 0.3 is 63.7 Å². The molecule has 5 fully saturated rings. The van der Waals surface area contributed by atoms with Crippen LogP contribution in [0.5, 0.6) is 0 Å². The molecule has 0 saturated carbocycles. The highest BCUT2D eigenvalue weighted by molar-refractivity contribution is 7.84. The molecule has 456 valence electrons. The van der Waals surface area contributed by atoms with Crippen LogP contribution in [0.4, 0.5) is 0 Å². The molecule has 5 heterocycles. The average molecular weight is 1250 g/mol. The minimum absolute atomic E-state index is 1.32. The van der Waals surface area contributed by atoms with Crippen LogP contribution in [-0.4, -0.2) is 306 Å². The maximum atomic E-state index is 12.6. The van der Waals surface area contributed by atoms with E-state index in [1.807, 2.05) is 0 Å². The summed E-state index contributed by atoms with van der Waals surface area (Å²) in [6.45, 7) is -4.24. The number of ether oxygens (including phenoxy) is 9. The Bertz CT molecular complexity index is 2650. The molecule has 43 nitrogen and oxygen atoms in total. The zero-order chi connectivity index (χ0) is 59.1. The molecule has 78 heavy (non-hydrogen) atoms. The number of nitrogens with two attached hydrogens (primary N) is 1. The Balaban J connectivity index is 1.39. The topological polar surface area (TPSA) is 689 Å². The molecule has 0 unspecified atom stereocenters. The van der Waals surface area contributed by atoms with Crippen molar-refractivity contribution in [2.45, 2.75) is 153 Å². The molecule has 0 aromatic carbocycles. The van der Waals surface area contributed by atoms with E-state index in [0.29, 0.717) is 0 Å². The molecule has 0 spiro atoms. The predicted molar refractivity (Wildman–Crippen MR) is 226 cm³/mol. The van der Waals surface area contributed by atoms with Crippen molar-refractivity contribution >= 4 is 63.7 Å². The Kier molecular flexibility index (Phi) is 21.7. The maximum absolute atomic E-state index is 12.6. The SMILES string of the molecule is N[C@H]1[C@@H](O[C@H]2[C@H](O)[C@@H](O)[C@H](O[C@H]3[C@H](O)[C@@H](NS(=O)(=O)O)[C@@H](O)O[C@@H]3COS(=O)(=O)O)O[C@H]2C(=O)O)O[C@H](CO)[C@@H](O[C@@H]2O[C@H](C(=O)O)[C@@H](O[C@H]3O[C@H](COS(=O)(=O)O)[C@@H](O)[C@H](O)[C@H]3NS(=O)(=O)O)[C@H](O)[C@H]2O)[C@@H]1OS(=O)(=O)O. The second-order valence-corrected chi connectivity index (χ2v) is 22.5. The van der Waals surface area contributed by atoms with Crippen molar-refractivity contribution in [3.8, 4) is 0 Å². The molecule has 0 aliphatic carbocycles. The van der Waals surface area contributed by atoms with Gasteiger partial charge in [-0.3, -0.25) is 22.8 Å². The van der Waals surface area contributed by atoms with Gasteiger partial charge in [0.2, 0.25) is 0 Å². The first-order valence-electron chi connectivity index (χ1n) is 21.2. The van der Waals surface area contributed by atoms with E-state index in [-0.39, 0.29) is 0 Å². The summed E-state index contributed by atoms with van der Waals surface area (Å²) in [7, 11) is -27.3. The number of rotatable bonds is 23. The van der Waals surface area contributed by atoms with Crippen LogP contribution >= 0.6 is 0 Å². The van der Waals surface area contributed by atoms with E-state index in [1.165, 1.54) is 9.44 Å². The molecule has 0 aromatic heterocycles. The number of carboxylic acids is 2. The predicted octanol–water partition coefficient (Wildman–Crippen LogP) is -13.5. The molecule has 0 bridgehead atoms. The fraction of sp³-hybridized carbons (Fsp3) is 0.933. The van der Waals surface area contributed by atoms with Crippen LogP contribution in [0.2, 0.25) is 0 Å². The third-order valence-electron chi connectivity index (χ3n) is 11.6. The highest BCUT2D eigenvalue weighted by atomic mass is 32.3. The Hall–Kier alpha value is -2.47. The highest BCUT2D eigenvalue weighted by Crippen LogP contribution is 2.37. The second kappa shape index (κ2) is 25.6. The summed E-state index contributed by atoms with van der Waals surface area (Å²) in [6.07, 6.45) is -55.2. The zero-order valence-electron chi connectivity index (χ0n) is 38.1. The van der Waals surface area contributed by atoms with Crippen molar-refractivity contribution in [2.75, 3.05) is 19.8 Å². The van der Waals surface area contributed by atoms with E-state index in [1.54, 1.807) is 0 Å². The van der Waals surface area contributed by atoms with Gasteiger partial charge in [-0.15, -0.1) is 0 Å². The molecule has 0 aromatic rings. The average Bonchev–Trinajstić information content (AvgIpc) is 3.29. The number of carboxylic acid groups (broad SMARTS) is 2. The van der Waals surface area contributed by atoms with Gasteiger partial charge < -0.3 is 105 Å². The number of aliphatic hydroxyl groups is 9. The standard InChI is InChI=1S/C30H51N3O40S5/c31-7-19(73-78(59,60)61)18(68-30-16(41)14(39)21(23(72-30)25(44)45)70-28-9(33-75(50,51)52)11(36)10(35)5(66-28)2-62-76(53,54)55)4(1-34)65-27(7)69-20-13(38)15(40)29(71-22(20)24(42)43)67-17-6(3-63-77(56,57)58)64-26(46)8(12(17)37)32-74(47,48)49/h4-23,26-30,32-41,46H,1-3,31H2,(H,42,43)(H,44,45)(H,47,48,49)(H,50,51,52)(H,53,54,55)(H,56,57,58)(H,59,60,61)/t4-,5-,6-,7-,8-,9-,10-,11-,12-,13-,14-,15-,16-,17-,18-,19-,20+,21+,22-,23+,26+,27-,28-,29-,30-/m1/s1. The number of hydrogen-bond acceptors (Lipinski definition) is 34. The highest BCUT2D eigenvalue weighted by Gasteiger charge is 2.59. The number of hydrogen-bond donors (Lipinski definition) is 19. The molecule has 48 heteroatoms. The first-order chi connectivity index (χ1) is 35.6. The normalized spacial score (nSPS) is 42.5. The summed E-state index contributed by atoms with van der Waals surface area (Å²) >= 11 is 0. The molecule has 5 aliphatic heterocycles. The molecule has 0 amide bonds. The molecular formula is C30H51N3O40S5. The quantitative estimate of drug-likeness (QED) is 0.0422. The third kappa shape index (κ3) is 17.1. The van der Waals surface area contributed by atoms with E-state index in [0.717, 1.165) is 0 Å². The Morgan fingerprint density at radius 1 is 0.449 bits per heavy atom. The summed E-state index contributed by atoms with van der Waals surface area (Å²) in [6, 6.07) is -7.11. The lowest BCUT2D eigenvalue weighted by Crippen LogP contribution is -2.70. The van der Waals surface area contributed by atoms with Crippen LogP contribution < -0.4 is 15.2 Å². The van der Waals surface area contributed by atoms with Crippen molar-refractivity contribution in [1.29, 1.82) is 0 Å². The minimum Gasteiger partial charge on any atom is -0.479 e. The van der Waals surface area contributed by atoms with Crippen LogP contribution in [0.1, 0.15) is 0 Å². The molecule has 0 radical (unpaired) electrons. The second-order valence-electron chi connectivity index (χ2n) is 16.9. The van der Waals surface area contributed by atoms with Gasteiger partial charge in [0.1, 0.15) is 104 Å². The van der Waals surface area contributed by atoms with Crippen LogP contribution in [0.3, 0.4) is 0 Å². The lowest BCUT2D eigenvalue weighted by molar-refractivity contribution is -0.373. The number of carbonyl (C=O) groups is 2. The van der Waals surface area contributed by atoms with E-state index in [4.69, 9.17) is 57.5 Å². The van der Waals surface area contributed by atoms with Gasteiger partial charge in [0.25, 0.3) is 0 Å². The van der Waals surface area contributed by atoms with Crippen LogP contribution in [0.15, 0.2) is 0 Å². The van der Waals surface area contributed by atoms with Crippen molar-refractivity contribution in [2.24, 2.45) is 5.73 Å². The van der Waals surface area contributed by atoms with Crippen LogP contribution in [0, 0.1) is 0 Å². The van der Waals surface area contributed by atoms with Gasteiger partial charge in [0.05, 0.1) is 25.9 Å². The number of aliphatic carboxylic acids is 2. The molecule has 25 atom stereocenters. The zero-order valence-corrected chi connectivity index (χ0v) is 42.2. The van der Waals surface area contributed by atoms with Crippen LogP contribution in [-0.2, 0) is 117 Å². The van der Waals surface area contributed by atoms with Gasteiger partial charge in [-0.2, -0.15) is 51.5 Å². The lowest BCUT2D eigenvalue weighted by atomic mass is 9.94. The Morgan fingerprint density at radius 2 is 0.872 bits per heavy atom. The first-order valence-corrected chi connectivity index (χ1v) is 28.1. The van der Waals surface area contributed by atoms with Gasteiger partial charge in [-0.1, -0.05) is 0 Å². The fourth-order valence-corrected chi connectivity index (χ4v) is 10.5. The minimum atomic E-state index is -5.81. The molecule has 20 N–H and O–H groups in total. The summed E-state index contributed by atoms with van der Waals surface area (Å²) in [4.78, 5) is 25.2. The molecule has 5 aliphatic rings. The van der Waals surface area contributed by atoms with Gasteiger partial charge in [-0.05, 0) is 0 Å². The van der Waals surface area contributed by atoms with Crippen molar-refractivity contribution in [3.05, 3.63) is 0 Å². The monoisotopic (exact) mass is 1250 g/mol. The number of aliphatic hydroxyl groups excluding tert-OH is 9. The Morgan fingerprint density at radius 3 is 1.31 bits per heavy atom. The van der Waals surface area contributed by atoms with E-state index >= 15 is 0 Å². The smallest absolute Gasteiger partial charge is 0.397 e. The van der Waals surface area contributed by atoms with Gasteiger partial charge in [0, 0.05) is 0 Å². The molecule has 5 saturated heterocycles. The largest absolute Gasteiger partial charge is 0.479 e. The summed E-state index contributed by atoms with van der Waals surface area (Å²) in [5.74, 6) is -4.33. The van der Waals surface area contributed by atoms with E-state index in [2.05, 4.69) is 12.5 Å². The van der Waals surface area contributed by atoms with Crippen LogP contribution in [0.25, 0.3) is 0 Å². The van der Waals surface area contributed by atoms with E-state index < -0.39 is 237 Å². The number of nitrogens with one attached hydrogen (secondary N) is 2. The summed E-state index contributed by atoms with van der Waals surface area (Å²) in [5, 5.41) is 118. The third-order valence-corrected chi connectivity index (χ3v) is 14.0. The Labute approximate surface area is 436 Å². The summed E-state index contributed by atoms with van der Waals surface area (Å²) < 4.78 is 226. The van der Waals surface area contributed by atoms with Gasteiger partial charge in [0.15, 0.2) is 43.7 Å². The van der Waals surface area contributed by atoms with Crippen molar-refractivity contribution < 1.29 is 186 Å². The lowest BCUT2D eigenvalue weighted by Gasteiger charge is -2.49. The maximum Gasteiger partial charge on any atom is 0.397 e. The summed E-state index contributed by atoms with van der Waals surface area (Å²) in [5.41, 5.74) is 6.16.